The predicted octanol–water partition coefficient (Wildman–Crippen LogP) is 13.1. The number of esters is 4. The Morgan fingerprint density at radius 2 is 0.746 bits per heavy atom. The van der Waals surface area contributed by atoms with Gasteiger partial charge in [-0.3, -0.25) is 0 Å². The van der Waals surface area contributed by atoms with Crippen molar-refractivity contribution in [1.29, 1.82) is 0 Å². The van der Waals surface area contributed by atoms with Gasteiger partial charge in [-0.05, 0) is 100 Å². The molecule has 0 aliphatic heterocycles. The number of benzene rings is 3. The smallest absolute Gasteiger partial charge is 0.343 e. The van der Waals surface area contributed by atoms with Gasteiger partial charge in [-0.2, -0.15) is 0 Å². The van der Waals surface area contributed by atoms with Crippen LogP contribution in [0.3, 0.4) is 0 Å². The van der Waals surface area contributed by atoms with Crippen molar-refractivity contribution in [1.82, 2.24) is 0 Å². The van der Waals surface area contributed by atoms with Gasteiger partial charge < -0.3 is 28.4 Å². The van der Waals surface area contributed by atoms with Crippen LogP contribution in [0.25, 0.3) is 0 Å². The molecule has 0 heterocycles. The maximum Gasteiger partial charge on any atom is 0.343 e. The summed E-state index contributed by atoms with van der Waals surface area (Å²) in [5.74, 6) is -1.89. The van der Waals surface area contributed by atoms with Crippen LogP contribution in [-0.4, -0.2) is 50.3 Å². The van der Waals surface area contributed by atoms with E-state index in [1.807, 2.05) is 0 Å². The largest absolute Gasteiger partial charge is 0.494 e. The molecule has 0 amide bonds. The average molecular weight is 873 g/mol. The summed E-state index contributed by atoms with van der Waals surface area (Å²) < 4.78 is 47.5. The lowest BCUT2D eigenvalue weighted by Crippen LogP contribution is -2.11. The van der Waals surface area contributed by atoms with E-state index in [0.29, 0.717) is 49.1 Å². The lowest BCUT2D eigenvalue weighted by atomic mass is 10.1. The monoisotopic (exact) mass is 872 g/mol. The van der Waals surface area contributed by atoms with E-state index in [4.69, 9.17) is 28.4 Å². The molecule has 0 atom stereocenters. The summed E-state index contributed by atoms with van der Waals surface area (Å²) in [5.41, 5.74) is 1.40. The first-order valence-corrected chi connectivity index (χ1v) is 22.9. The first kappa shape index (κ1) is 51.9. The number of unbranched alkanes of at least 4 members (excludes halogenated alkanes) is 18. The molecule has 0 spiro atoms. The molecule has 0 saturated heterocycles. The molecule has 344 valence electrons. The molecule has 0 fully saturated rings. The van der Waals surface area contributed by atoms with Crippen LogP contribution in [0.1, 0.15) is 163 Å². The van der Waals surface area contributed by atoms with Crippen molar-refractivity contribution in [3.8, 4) is 23.0 Å². The van der Waals surface area contributed by atoms with Crippen molar-refractivity contribution in [3.05, 3.63) is 108 Å². The minimum absolute atomic E-state index is 0.0260. The summed E-state index contributed by atoms with van der Waals surface area (Å²) in [5, 5.41) is 0. The summed E-state index contributed by atoms with van der Waals surface area (Å²) in [4.78, 5) is 48.2. The van der Waals surface area contributed by atoms with Crippen LogP contribution in [0.5, 0.6) is 23.0 Å². The summed E-state index contributed by atoms with van der Waals surface area (Å²) in [7, 11) is 0. The minimum atomic E-state index is -0.847. The molecule has 0 unspecified atom stereocenters. The molecule has 63 heavy (non-hydrogen) atoms. The maximum absolute atomic E-state index is 14.9. The van der Waals surface area contributed by atoms with Crippen molar-refractivity contribution >= 4 is 23.9 Å². The SMILES string of the molecule is C=C(C)C(=O)OCCCCCCCCCCCCOc1ccc(C(=O)Oc2ccc(OC(=O)c3ccc(OCCCCCCCCCCCCOC(=O)C(=C)C)cc3)c(F)c2)cc1. The van der Waals surface area contributed by atoms with Crippen molar-refractivity contribution in [2.45, 2.75) is 142 Å². The van der Waals surface area contributed by atoms with Crippen molar-refractivity contribution in [3.63, 3.8) is 0 Å². The second-order valence-electron chi connectivity index (χ2n) is 16.0. The van der Waals surface area contributed by atoms with Gasteiger partial charge in [0, 0.05) is 17.2 Å². The Kier molecular flexibility index (Phi) is 25.9. The van der Waals surface area contributed by atoms with Crippen LogP contribution in [0, 0.1) is 5.82 Å². The van der Waals surface area contributed by atoms with Crippen molar-refractivity contribution in [2.75, 3.05) is 26.4 Å². The van der Waals surface area contributed by atoms with Gasteiger partial charge >= 0.3 is 23.9 Å². The number of hydrogen-bond acceptors (Lipinski definition) is 10. The number of hydrogen-bond donors (Lipinski definition) is 0. The number of ether oxygens (including phenoxy) is 6. The molecule has 0 saturated carbocycles. The maximum atomic E-state index is 14.9. The molecule has 3 aromatic carbocycles. The van der Waals surface area contributed by atoms with Gasteiger partial charge in [0.15, 0.2) is 11.6 Å². The molecule has 0 aliphatic carbocycles. The highest BCUT2D eigenvalue weighted by molar-refractivity contribution is 5.92. The zero-order chi connectivity index (χ0) is 45.5. The Bertz CT molecular complexity index is 1840. The quantitative estimate of drug-likeness (QED) is 0.0248. The van der Waals surface area contributed by atoms with Gasteiger partial charge in [-0.1, -0.05) is 116 Å². The highest BCUT2D eigenvalue weighted by Crippen LogP contribution is 2.25. The fourth-order valence-electron chi connectivity index (χ4n) is 6.52. The van der Waals surface area contributed by atoms with Crippen LogP contribution in [0.2, 0.25) is 0 Å². The zero-order valence-electron chi connectivity index (χ0n) is 37.7. The lowest BCUT2D eigenvalue weighted by Gasteiger charge is -2.10. The van der Waals surface area contributed by atoms with Gasteiger partial charge in [0.1, 0.15) is 17.2 Å². The number of carbonyl (C=O) groups excluding carboxylic acids is 4. The van der Waals surface area contributed by atoms with Crippen LogP contribution in [0.4, 0.5) is 4.39 Å². The molecule has 0 aromatic heterocycles. The van der Waals surface area contributed by atoms with E-state index in [1.54, 1.807) is 62.4 Å². The molecule has 3 rings (SSSR count). The molecular weight excluding hydrogens is 804 g/mol. The van der Waals surface area contributed by atoms with Gasteiger partial charge in [0.2, 0.25) is 0 Å². The number of halogens is 1. The van der Waals surface area contributed by atoms with E-state index in [0.717, 1.165) is 83.1 Å². The minimum Gasteiger partial charge on any atom is -0.494 e. The fourth-order valence-corrected chi connectivity index (χ4v) is 6.52. The van der Waals surface area contributed by atoms with E-state index in [1.165, 1.54) is 63.5 Å². The first-order chi connectivity index (χ1) is 30.5. The highest BCUT2D eigenvalue weighted by Gasteiger charge is 2.16. The Balaban J connectivity index is 1.21. The van der Waals surface area contributed by atoms with Crippen molar-refractivity contribution < 1.29 is 52.0 Å². The molecule has 0 aliphatic rings. The van der Waals surface area contributed by atoms with Gasteiger partial charge in [0.25, 0.3) is 0 Å². The van der Waals surface area contributed by atoms with Crippen molar-refractivity contribution in [2.24, 2.45) is 0 Å². The number of carbonyl (C=O) groups is 4. The number of rotatable bonds is 34. The average Bonchev–Trinajstić information content (AvgIpc) is 3.27. The standard InChI is InChI=1S/C52H69FO10/c1-40(2)49(54)60-37-23-19-15-11-7-5-9-13-17-21-35-58-44-29-25-42(26-30-44)51(56)62-46-33-34-48(47(53)39-46)63-52(57)43-27-31-45(32-28-43)59-36-22-18-14-10-6-8-12-16-20-24-38-61-50(55)41(3)4/h25-34,39H,1,3,5-24,35-38H2,2,4H3. The molecule has 0 radical (unpaired) electrons. The third kappa shape index (κ3) is 23.0. The van der Waals surface area contributed by atoms with Gasteiger partial charge in [0.05, 0.1) is 37.6 Å². The molecule has 0 bridgehead atoms. The fraction of sp³-hybridized carbons (Fsp3) is 0.500. The molecule has 3 aromatic rings. The zero-order valence-corrected chi connectivity index (χ0v) is 37.7. The second-order valence-corrected chi connectivity index (χ2v) is 16.0. The normalized spacial score (nSPS) is 10.8. The second kappa shape index (κ2) is 31.4. The third-order valence-corrected chi connectivity index (χ3v) is 10.3. The Morgan fingerprint density at radius 1 is 0.429 bits per heavy atom. The third-order valence-electron chi connectivity index (χ3n) is 10.3. The van der Waals surface area contributed by atoms with E-state index < -0.39 is 17.8 Å². The van der Waals surface area contributed by atoms with E-state index in [9.17, 15) is 23.6 Å². The Labute approximate surface area is 374 Å². The lowest BCUT2D eigenvalue weighted by molar-refractivity contribution is -0.139. The van der Waals surface area contributed by atoms with Crippen LogP contribution in [0.15, 0.2) is 91.0 Å². The molecule has 0 N–H and O–H groups in total. The topological polar surface area (TPSA) is 124 Å². The van der Waals surface area contributed by atoms with Crippen LogP contribution in [-0.2, 0) is 19.1 Å². The Morgan fingerprint density at radius 3 is 1.10 bits per heavy atom. The van der Waals surface area contributed by atoms with E-state index >= 15 is 0 Å². The summed E-state index contributed by atoms with van der Waals surface area (Å²) >= 11 is 0. The summed E-state index contributed by atoms with van der Waals surface area (Å²) in [6.07, 6.45) is 22.2. The van der Waals surface area contributed by atoms with Gasteiger partial charge in [-0.15, -0.1) is 0 Å². The van der Waals surface area contributed by atoms with E-state index in [-0.39, 0.29) is 34.6 Å². The molecule has 11 heteroatoms. The predicted molar refractivity (Wildman–Crippen MR) is 244 cm³/mol. The Hall–Kier alpha value is -5.45. The highest BCUT2D eigenvalue weighted by atomic mass is 19.1. The van der Waals surface area contributed by atoms with Crippen LogP contribution < -0.4 is 18.9 Å². The molecular formula is C52H69FO10. The first-order valence-electron chi connectivity index (χ1n) is 22.9. The van der Waals surface area contributed by atoms with Crippen LogP contribution >= 0.6 is 0 Å². The van der Waals surface area contributed by atoms with Gasteiger partial charge in [-0.25, -0.2) is 23.6 Å². The molecule has 10 nitrogen and oxygen atoms in total. The van der Waals surface area contributed by atoms with E-state index in [2.05, 4.69) is 13.2 Å². The summed E-state index contributed by atoms with van der Waals surface area (Å²) in [6, 6.07) is 16.7. The summed E-state index contributed by atoms with van der Waals surface area (Å²) in [6.45, 7) is 12.6.